The number of fused-ring (bicyclic) bond motifs is 1. The van der Waals surface area contributed by atoms with E-state index in [1.54, 1.807) is 24.3 Å². The highest BCUT2D eigenvalue weighted by atomic mass is 35.5. The van der Waals surface area contributed by atoms with Gasteiger partial charge in [-0.1, -0.05) is 17.7 Å². The molecule has 0 bridgehead atoms. The van der Waals surface area contributed by atoms with Crippen LogP contribution in [0.15, 0.2) is 57.9 Å². The van der Waals surface area contributed by atoms with Gasteiger partial charge in [0, 0.05) is 10.7 Å². The van der Waals surface area contributed by atoms with E-state index in [0.29, 0.717) is 16.3 Å². The molecule has 0 unspecified atom stereocenters. The van der Waals surface area contributed by atoms with Crippen LogP contribution in [-0.4, -0.2) is 11.0 Å². The van der Waals surface area contributed by atoms with E-state index < -0.39 is 11.3 Å². The molecule has 6 heteroatoms. The maximum Gasteiger partial charge on any atom is 0.262 e. The van der Waals surface area contributed by atoms with Gasteiger partial charge in [-0.15, -0.1) is 0 Å². The Morgan fingerprint density at radius 2 is 2.00 bits per heavy atom. The summed E-state index contributed by atoms with van der Waals surface area (Å²) in [6.07, 6.45) is 1.10. The van der Waals surface area contributed by atoms with Crippen molar-refractivity contribution in [3.05, 3.63) is 69.5 Å². The molecule has 110 valence electrons. The van der Waals surface area contributed by atoms with Crippen molar-refractivity contribution in [3.8, 4) is 5.75 Å². The minimum atomic E-state index is -0.610. The summed E-state index contributed by atoms with van der Waals surface area (Å²) < 4.78 is 5.26. The van der Waals surface area contributed by atoms with Crippen molar-refractivity contribution in [3.63, 3.8) is 0 Å². The summed E-state index contributed by atoms with van der Waals surface area (Å²) in [7, 11) is 0. The Kier molecular flexibility index (Phi) is 3.56. The standard InChI is InChI=1S/C16H10ClNO4/c17-9-2-1-3-10(6-9)18-16(21)13-8-22-14-5-4-11(19)7-12(14)15(13)20/h1-8,19H,(H,18,21). The molecule has 1 aromatic heterocycles. The molecule has 0 spiro atoms. The fourth-order valence-corrected chi connectivity index (χ4v) is 2.23. The smallest absolute Gasteiger partial charge is 0.262 e. The fourth-order valence-electron chi connectivity index (χ4n) is 2.04. The predicted octanol–water partition coefficient (Wildman–Crippen LogP) is 3.40. The molecule has 3 aromatic rings. The van der Waals surface area contributed by atoms with Crippen LogP contribution in [-0.2, 0) is 0 Å². The second-order valence-electron chi connectivity index (χ2n) is 4.62. The van der Waals surface area contributed by atoms with E-state index >= 15 is 0 Å². The van der Waals surface area contributed by atoms with Gasteiger partial charge >= 0.3 is 0 Å². The number of phenols is 1. The van der Waals surface area contributed by atoms with Gasteiger partial charge in [-0.05, 0) is 36.4 Å². The van der Waals surface area contributed by atoms with E-state index in [0.717, 1.165) is 6.26 Å². The monoisotopic (exact) mass is 315 g/mol. The largest absolute Gasteiger partial charge is 0.508 e. The van der Waals surface area contributed by atoms with E-state index in [1.165, 1.54) is 18.2 Å². The van der Waals surface area contributed by atoms with Crippen LogP contribution in [0.25, 0.3) is 11.0 Å². The highest BCUT2D eigenvalue weighted by Gasteiger charge is 2.15. The van der Waals surface area contributed by atoms with E-state index in [-0.39, 0.29) is 16.7 Å². The predicted molar refractivity (Wildman–Crippen MR) is 83.6 cm³/mol. The van der Waals surface area contributed by atoms with E-state index in [4.69, 9.17) is 16.0 Å². The summed E-state index contributed by atoms with van der Waals surface area (Å²) in [5.41, 5.74) is 0.0877. The summed E-state index contributed by atoms with van der Waals surface area (Å²) >= 11 is 5.84. The third-order valence-corrected chi connectivity index (χ3v) is 3.32. The quantitative estimate of drug-likeness (QED) is 0.759. The number of amides is 1. The number of benzene rings is 2. The van der Waals surface area contributed by atoms with E-state index in [9.17, 15) is 14.7 Å². The highest BCUT2D eigenvalue weighted by Crippen LogP contribution is 2.19. The Morgan fingerprint density at radius 1 is 1.18 bits per heavy atom. The van der Waals surface area contributed by atoms with Crippen molar-refractivity contribution in [1.29, 1.82) is 0 Å². The first-order valence-electron chi connectivity index (χ1n) is 6.36. The lowest BCUT2D eigenvalue weighted by molar-refractivity contribution is 0.102. The van der Waals surface area contributed by atoms with Gasteiger partial charge in [0.2, 0.25) is 5.43 Å². The highest BCUT2D eigenvalue weighted by molar-refractivity contribution is 6.31. The first kappa shape index (κ1) is 14.2. The van der Waals surface area contributed by atoms with Crippen LogP contribution in [0.2, 0.25) is 5.02 Å². The van der Waals surface area contributed by atoms with E-state index in [2.05, 4.69) is 5.32 Å². The van der Waals surface area contributed by atoms with Crippen molar-refractivity contribution in [2.75, 3.05) is 5.32 Å². The third kappa shape index (κ3) is 2.66. The number of hydrogen-bond donors (Lipinski definition) is 2. The van der Waals surface area contributed by atoms with Gasteiger partial charge in [0.25, 0.3) is 5.91 Å². The lowest BCUT2D eigenvalue weighted by Crippen LogP contribution is -2.21. The second kappa shape index (κ2) is 5.54. The number of hydrogen-bond acceptors (Lipinski definition) is 4. The Labute approximate surface area is 129 Å². The summed E-state index contributed by atoms with van der Waals surface area (Å²) in [5, 5.41) is 12.6. The molecule has 0 radical (unpaired) electrons. The van der Waals surface area contributed by atoms with Gasteiger partial charge in [-0.3, -0.25) is 9.59 Å². The van der Waals surface area contributed by atoms with Crippen LogP contribution >= 0.6 is 11.6 Å². The molecule has 0 fully saturated rings. The minimum Gasteiger partial charge on any atom is -0.508 e. The molecule has 0 aliphatic heterocycles. The Balaban J connectivity index is 2.01. The van der Waals surface area contributed by atoms with Crippen molar-refractivity contribution >= 4 is 34.2 Å². The topological polar surface area (TPSA) is 79.5 Å². The zero-order valence-electron chi connectivity index (χ0n) is 11.2. The molecule has 0 atom stereocenters. The van der Waals surface area contributed by atoms with Crippen molar-refractivity contribution in [1.82, 2.24) is 0 Å². The molecule has 0 saturated heterocycles. The molecule has 2 N–H and O–H groups in total. The van der Waals surface area contributed by atoms with Gasteiger partial charge in [-0.25, -0.2) is 0 Å². The minimum absolute atomic E-state index is 0.0767. The lowest BCUT2D eigenvalue weighted by atomic mass is 10.1. The molecular formula is C16H10ClNO4. The molecule has 0 aliphatic rings. The maximum absolute atomic E-state index is 12.3. The average molecular weight is 316 g/mol. The number of phenolic OH excluding ortho intramolecular Hbond substituents is 1. The molecular weight excluding hydrogens is 306 g/mol. The number of anilines is 1. The molecule has 1 amide bonds. The van der Waals surface area contributed by atoms with Crippen LogP contribution in [0.1, 0.15) is 10.4 Å². The van der Waals surface area contributed by atoms with Gasteiger partial charge in [0.1, 0.15) is 23.2 Å². The zero-order chi connectivity index (χ0) is 15.7. The normalized spacial score (nSPS) is 10.6. The van der Waals surface area contributed by atoms with Gasteiger partial charge in [0.05, 0.1) is 5.39 Å². The number of carbonyl (C=O) groups excluding carboxylic acids is 1. The molecule has 22 heavy (non-hydrogen) atoms. The lowest BCUT2D eigenvalue weighted by Gasteiger charge is -2.05. The van der Waals surface area contributed by atoms with Crippen molar-refractivity contribution in [2.24, 2.45) is 0 Å². The van der Waals surface area contributed by atoms with Gasteiger partial charge in [-0.2, -0.15) is 0 Å². The van der Waals surface area contributed by atoms with Crippen molar-refractivity contribution < 1.29 is 14.3 Å². The SMILES string of the molecule is O=C(Nc1cccc(Cl)c1)c1coc2ccc(O)cc2c1=O. The zero-order valence-corrected chi connectivity index (χ0v) is 11.9. The summed E-state index contributed by atoms with van der Waals surface area (Å²) in [6.45, 7) is 0. The molecule has 2 aromatic carbocycles. The average Bonchev–Trinajstić information content (AvgIpc) is 2.48. The molecule has 1 heterocycles. The summed E-state index contributed by atoms with van der Waals surface area (Å²) in [6, 6.07) is 10.7. The number of halogens is 1. The number of carbonyl (C=O) groups is 1. The molecule has 5 nitrogen and oxygen atoms in total. The maximum atomic E-state index is 12.3. The van der Waals surface area contributed by atoms with Crippen LogP contribution < -0.4 is 10.7 Å². The Hall–Kier alpha value is -2.79. The molecule has 0 saturated carbocycles. The van der Waals surface area contributed by atoms with E-state index in [1.807, 2.05) is 0 Å². The summed E-state index contributed by atoms with van der Waals surface area (Å²) in [5.74, 6) is -0.687. The van der Waals surface area contributed by atoms with Crippen LogP contribution in [0.5, 0.6) is 5.75 Å². The van der Waals surface area contributed by atoms with Crippen LogP contribution in [0.3, 0.4) is 0 Å². The summed E-state index contributed by atoms with van der Waals surface area (Å²) in [4.78, 5) is 24.5. The number of rotatable bonds is 2. The Morgan fingerprint density at radius 3 is 2.77 bits per heavy atom. The van der Waals surface area contributed by atoms with Crippen LogP contribution in [0, 0.1) is 0 Å². The third-order valence-electron chi connectivity index (χ3n) is 3.08. The number of aromatic hydroxyl groups is 1. The second-order valence-corrected chi connectivity index (χ2v) is 5.06. The molecule has 0 aliphatic carbocycles. The first-order valence-corrected chi connectivity index (χ1v) is 6.74. The van der Waals surface area contributed by atoms with Crippen molar-refractivity contribution in [2.45, 2.75) is 0 Å². The fraction of sp³-hybridized carbons (Fsp3) is 0. The van der Waals surface area contributed by atoms with Gasteiger partial charge < -0.3 is 14.8 Å². The number of nitrogens with one attached hydrogen (secondary N) is 1. The first-order chi connectivity index (χ1) is 10.5. The Bertz CT molecular complexity index is 933. The van der Waals surface area contributed by atoms with Gasteiger partial charge in [0.15, 0.2) is 0 Å². The molecule has 3 rings (SSSR count). The van der Waals surface area contributed by atoms with Crippen LogP contribution in [0.4, 0.5) is 5.69 Å².